The maximum atomic E-state index is 12.3. The maximum Gasteiger partial charge on any atom is 0.257 e. The van der Waals surface area contributed by atoms with Gasteiger partial charge >= 0.3 is 0 Å². The highest BCUT2D eigenvalue weighted by molar-refractivity contribution is 9.10. The summed E-state index contributed by atoms with van der Waals surface area (Å²) in [4.78, 5) is 14.0. The zero-order valence-electron chi connectivity index (χ0n) is 10.4. The summed E-state index contributed by atoms with van der Waals surface area (Å²) in [6.07, 6.45) is 0.337. The lowest BCUT2D eigenvalue weighted by Crippen LogP contribution is -2.30. The van der Waals surface area contributed by atoms with E-state index in [1.807, 2.05) is 0 Å². The number of halogens is 2. The van der Waals surface area contributed by atoms with Crippen molar-refractivity contribution < 1.29 is 15.0 Å². The van der Waals surface area contributed by atoms with Crippen LogP contribution in [0.4, 0.5) is 0 Å². The number of aliphatic hydroxyl groups excluding tert-OH is 1. The summed E-state index contributed by atoms with van der Waals surface area (Å²) in [6.45, 7) is 2.81. The minimum Gasteiger partial charge on any atom is -0.506 e. The summed E-state index contributed by atoms with van der Waals surface area (Å²) >= 11 is 9.11. The summed E-state index contributed by atoms with van der Waals surface area (Å²) in [7, 11) is 0. The molecule has 0 spiro atoms. The molecule has 1 aromatic carbocycles. The van der Waals surface area contributed by atoms with Crippen molar-refractivity contribution >= 4 is 33.4 Å². The SMILES string of the molecule is CC(O)C1CCN(C(=O)c2cc(Br)cc(Cl)c2O)C1. The molecule has 1 aliphatic rings. The Bertz CT molecular complexity index is 507. The van der Waals surface area contributed by atoms with Crippen LogP contribution in [0.1, 0.15) is 23.7 Å². The standard InChI is InChI=1S/C13H15BrClNO3/c1-7(17)8-2-3-16(6-8)13(19)10-4-9(14)5-11(15)12(10)18/h4-5,7-8,17-18H,2-3,6H2,1H3. The molecule has 0 radical (unpaired) electrons. The molecular formula is C13H15BrClNO3. The Morgan fingerprint density at radius 1 is 1.58 bits per heavy atom. The summed E-state index contributed by atoms with van der Waals surface area (Å²) in [5, 5.41) is 19.6. The van der Waals surface area contributed by atoms with Gasteiger partial charge in [-0.15, -0.1) is 0 Å². The minimum atomic E-state index is -0.433. The number of amides is 1. The first-order valence-corrected chi connectivity index (χ1v) is 7.22. The van der Waals surface area contributed by atoms with Gasteiger partial charge in [0.2, 0.25) is 0 Å². The van der Waals surface area contributed by atoms with Crippen molar-refractivity contribution in [3.63, 3.8) is 0 Å². The molecule has 104 valence electrons. The molecule has 0 aliphatic carbocycles. The van der Waals surface area contributed by atoms with E-state index in [0.29, 0.717) is 17.6 Å². The molecule has 1 fully saturated rings. The number of rotatable bonds is 2. The van der Waals surface area contributed by atoms with Crippen molar-refractivity contribution in [1.82, 2.24) is 4.90 Å². The molecule has 2 N–H and O–H groups in total. The summed E-state index contributed by atoms with van der Waals surface area (Å²) < 4.78 is 0.643. The van der Waals surface area contributed by atoms with Crippen molar-refractivity contribution in [3.8, 4) is 5.75 Å². The van der Waals surface area contributed by atoms with Crippen LogP contribution in [-0.4, -0.2) is 40.2 Å². The number of likely N-dealkylation sites (tertiary alicyclic amines) is 1. The Balaban J connectivity index is 2.22. The highest BCUT2D eigenvalue weighted by Gasteiger charge is 2.31. The lowest BCUT2D eigenvalue weighted by Gasteiger charge is -2.18. The van der Waals surface area contributed by atoms with E-state index in [1.165, 1.54) is 6.07 Å². The summed E-state index contributed by atoms with van der Waals surface area (Å²) in [5.41, 5.74) is 0.186. The number of nitrogens with zero attached hydrogens (tertiary/aromatic N) is 1. The van der Waals surface area contributed by atoms with Crippen molar-refractivity contribution in [2.45, 2.75) is 19.4 Å². The minimum absolute atomic E-state index is 0.0914. The second-order valence-corrected chi connectivity index (χ2v) is 6.15. The van der Waals surface area contributed by atoms with E-state index in [4.69, 9.17) is 11.6 Å². The average molecular weight is 349 g/mol. The molecular weight excluding hydrogens is 334 g/mol. The number of aliphatic hydroxyl groups is 1. The zero-order chi connectivity index (χ0) is 14.2. The van der Waals surface area contributed by atoms with Gasteiger partial charge in [0.1, 0.15) is 5.75 Å². The monoisotopic (exact) mass is 347 g/mol. The lowest BCUT2D eigenvalue weighted by atomic mass is 10.0. The Morgan fingerprint density at radius 2 is 2.26 bits per heavy atom. The number of benzene rings is 1. The number of carbonyl (C=O) groups excluding carboxylic acids is 1. The van der Waals surface area contributed by atoms with Gasteiger partial charge in [0.05, 0.1) is 16.7 Å². The first-order valence-electron chi connectivity index (χ1n) is 6.05. The van der Waals surface area contributed by atoms with Gasteiger partial charge in [0.25, 0.3) is 5.91 Å². The van der Waals surface area contributed by atoms with Crippen LogP contribution in [0.2, 0.25) is 5.02 Å². The molecule has 0 bridgehead atoms. The molecule has 1 saturated heterocycles. The number of phenols is 1. The Labute approximate surface area is 125 Å². The number of phenolic OH excluding ortho intramolecular Hbond substituents is 1. The van der Waals surface area contributed by atoms with Gasteiger partial charge < -0.3 is 15.1 Å². The van der Waals surface area contributed by atoms with Gasteiger partial charge in [0.15, 0.2) is 0 Å². The first-order chi connectivity index (χ1) is 8.90. The third-order valence-corrected chi connectivity index (χ3v) is 4.20. The molecule has 2 unspecified atom stereocenters. The van der Waals surface area contributed by atoms with Gasteiger partial charge in [-0.2, -0.15) is 0 Å². The van der Waals surface area contributed by atoms with Crippen LogP contribution in [0.15, 0.2) is 16.6 Å². The van der Waals surface area contributed by atoms with Gasteiger partial charge in [-0.05, 0) is 25.5 Å². The molecule has 1 amide bonds. The van der Waals surface area contributed by atoms with Crippen molar-refractivity contribution in [2.24, 2.45) is 5.92 Å². The van der Waals surface area contributed by atoms with Gasteiger partial charge in [-0.25, -0.2) is 0 Å². The smallest absolute Gasteiger partial charge is 0.257 e. The highest BCUT2D eigenvalue weighted by Crippen LogP contribution is 2.33. The fraction of sp³-hybridized carbons (Fsp3) is 0.462. The molecule has 19 heavy (non-hydrogen) atoms. The van der Waals surface area contributed by atoms with E-state index >= 15 is 0 Å². The molecule has 2 rings (SSSR count). The molecule has 0 saturated carbocycles. The maximum absolute atomic E-state index is 12.3. The zero-order valence-corrected chi connectivity index (χ0v) is 12.8. The van der Waals surface area contributed by atoms with Crippen LogP contribution < -0.4 is 0 Å². The number of carbonyl (C=O) groups is 1. The predicted molar refractivity (Wildman–Crippen MR) is 76.5 cm³/mol. The largest absolute Gasteiger partial charge is 0.506 e. The number of aromatic hydroxyl groups is 1. The molecule has 6 heteroatoms. The Kier molecular flexibility index (Phi) is 4.38. The van der Waals surface area contributed by atoms with E-state index in [1.54, 1.807) is 17.9 Å². The first kappa shape index (κ1) is 14.6. The van der Waals surface area contributed by atoms with Gasteiger partial charge in [-0.3, -0.25) is 4.79 Å². The van der Waals surface area contributed by atoms with Crippen LogP contribution in [0.5, 0.6) is 5.75 Å². The quantitative estimate of drug-likeness (QED) is 0.864. The van der Waals surface area contributed by atoms with Crippen molar-refractivity contribution in [1.29, 1.82) is 0 Å². The number of hydrogen-bond donors (Lipinski definition) is 2. The van der Waals surface area contributed by atoms with Crippen LogP contribution in [0.3, 0.4) is 0 Å². The highest BCUT2D eigenvalue weighted by atomic mass is 79.9. The average Bonchev–Trinajstić information content (AvgIpc) is 2.82. The van der Waals surface area contributed by atoms with E-state index in [0.717, 1.165) is 6.42 Å². The summed E-state index contributed by atoms with van der Waals surface area (Å²) in [5.74, 6) is -0.368. The van der Waals surface area contributed by atoms with E-state index in [9.17, 15) is 15.0 Å². The molecule has 1 aromatic rings. The second-order valence-electron chi connectivity index (χ2n) is 4.82. The van der Waals surface area contributed by atoms with E-state index in [-0.39, 0.29) is 28.2 Å². The van der Waals surface area contributed by atoms with Crippen molar-refractivity contribution in [2.75, 3.05) is 13.1 Å². The second kappa shape index (κ2) is 5.69. The topological polar surface area (TPSA) is 60.8 Å². The van der Waals surface area contributed by atoms with Crippen LogP contribution in [-0.2, 0) is 0 Å². The van der Waals surface area contributed by atoms with Crippen LogP contribution >= 0.6 is 27.5 Å². The lowest BCUT2D eigenvalue weighted by molar-refractivity contribution is 0.0759. The van der Waals surface area contributed by atoms with E-state index in [2.05, 4.69) is 15.9 Å². The normalized spacial score (nSPS) is 20.6. The Morgan fingerprint density at radius 3 is 2.84 bits per heavy atom. The van der Waals surface area contributed by atoms with E-state index < -0.39 is 6.10 Å². The molecule has 0 aromatic heterocycles. The third-order valence-electron chi connectivity index (χ3n) is 3.45. The van der Waals surface area contributed by atoms with Crippen LogP contribution in [0, 0.1) is 5.92 Å². The van der Waals surface area contributed by atoms with Crippen LogP contribution in [0.25, 0.3) is 0 Å². The Hall–Kier alpha value is -0.780. The molecule has 2 atom stereocenters. The fourth-order valence-corrected chi connectivity index (χ4v) is 3.07. The molecule has 1 heterocycles. The van der Waals surface area contributed by atoms with Gasteiger partial charge in [0, 0.05) is 23.5 Å². The number of hydrogen-bond acceptors (Lipinski definition) is 3. The van der Waals surface area contributed by atoms with Gasteiger partial charge in [-0.1, -0.05) is 27.5 Å². The van der Waals surface area contributed by atoms with Crippen molar-refractivity contribution in [3.05, 3.63) is 27.2 Å². The molecule has 4 nitrogen and oxygen atoms in total. The summed E-state index contributed by atoms with van der Waals surface area (Å²) in [6, 6.07) is 3.09. The molecule has 1 aliphatic heterocycles. The fourth-order valence-electron chi connectivity index (χ4n) is 2.26. The third kappa shape index (κ3) is 3.04. The predicted octanol–water partition coefficient (Wildman–Crippen LogP) is 2.65.